The van der Waals surface area contributed by atoms with E-state index in [-0.39, 0.29) is 11.7 Å². The molecule has 1 N–H and O–H groups in total. The molecule has 0 saturated carbocycles. The van der Waals surface area contributed by atoms with Crippen LogP contribution in [0.25, 0.3) is 11.1 Å². The number of carbonyl (C=O) groups excluding carboxylic acids is 1. The van der Waals surface area contributed by atoms with Crippen LogP contribution in [0.4, 0.5) is 11.4 Å². The summed E-state index contributed by atoms with van der Waals surface area (Å²) in [6.45, 7) is 0. The number of phenolic OH excluding ortho intramolecular Hbond substituents is 1. The molecule has 0 atom stereocenters. The van der Waals surface area contributed by atoms with E-state index < -0.39 is 0 Å². The SMILES string of the molecule is N#Cc1ccc(C(=O)N(c2ccc(O)cc2)c2ccc(-c3ccccc3)cc2)cc1. The molecule has 144 valence electrons. The van der Waals surface area contributed by atoms with E-state index in [4.69, 9.17) is 5.26 Å². The number of rotatable bonds is 4. The molecular formula is C26H18N2O2. The number of carbonyl (C=O) groups is 1. The Balaban J connectivity index is 1.74. The van der Waals surface area contributed by atoms with E-state index in [1.165, 1.54) is 0 Å². The van der Waals surface area contributed by atoms with E-state index in [1.807, 2.05) is 54.6 Å². The second-order valence-electron chi connectivity index (χ2n) is 6.76. The highest BCUT2D eigenvalue weighted by atomic mass is 16.3. The van der Waals surface area contributed by atoms with Crippen LogP contribution in [-0.2, 0) is 0 Å². The Morgan fingerprint density at radius 3 is 1.80 bits per heavy atom. The third-order valence-corrected chi connectivity index (χ3v) is 4.80. The fraction of sp³-hybridized carbons (Fsp3) is 0. The maximum atomic E-state index is 13.4. The first-order valence-corrected chi connectivity index (χ1v) is 9.45. The molecule has 0 heterocycles. The van der Waals surface area contributed by atoms with E-state index in [1.54, 1.807) is 53.4 Å². The van der Waals surface area contributed by atoms with E-state index in [0.29, 0.717) is 22.5 Å². The molecule has 4 rings (SSSR count). The molecule has 0 saturated heterocycles. The number of nitrogens with zero attached hydrogens (tertiary/aromatic N) is 2. The number of benzene rings is 4. The van der Waals surface area contributed by atoms with Crippen molar-refractivity contribution in [3.63, 3.8) is 0 Å². The Morgan fingerprint density at radius 1 is 0.700 bits per heavy atom. The molecule has 0 aliphatic rings. The van der Waals surface area contributed by atoms with Gasteiger partial charge in [0, 0.05) is 16.9 Å². The van der Waals surface area contributed by atoms with Gasteiger partial charge in [0.1, 0.15) is 5.75 Å². The van der Waals surface area contributed by atoms with Crippen LogP contribution in [0.15, 0.2) is 103 Å². The second-order valence-corrected chi connectivity index (χ2v) is 6.76. The zero-order chi connectivity index (χ0) is 20.9. The van der Waals surface area contributed by atoms with Crippen LogP contribution in [0, 0.1) is 11.3 Å². The first-order valence-electron chi connectivity index (χ1n) is 9.45. The normalized spacial score (nSPS) is 10.2. The van der Waals surface area contributed by atoms with Crippen molar-refractivity contribution in [2.45, 2.75) is 0 Å². The molecular weight excluding hydrogens is 372 g/mol. The van der Waals surface area contributed by atoms with Gasteiger partial charge < -0.3 is 5.11 Å². The van der Waals surface area contributed by atoms with Crippen molar-refractivity contribution in [3.05, 3.63) is 114 Å². The fourth-order valence-corrected chi connectivity index (χ4v) is 3.24. The summed E-state index contributed by atoms with van der Waals surface area (Å²) in [6, 6.07) is 32.9. The minimum atomic E-state index is -0.224. The first-order chi connectivity index (χ1) is 14.7. The lowest BCUT2D eigenvalue weighted by Gasteiger charge is -2.23. The summed E-state index contributed by atoms with van der Waals surface area (Å²) in [5.74, 6) is -0.0958. The van der Waals surface area contributed by atoms with Crippen LogP contribution in [0.1, 0.15) is 15.9 Å². The highest BCUT2D eigenvalue weighted by Gasteiger charge is 2.20. The minimum Gasteiger partial charge on any atom is -0.508 e. The lowest BCUT2D eigenvalue weighted by molar-refractivity contribution is 0.0999. The molecule has 0 radical (unpaired) electrons. The number of hydrogen-bond acceptors (Lipinski definition) is 3. The third-order valence-electron chi connectivity index (χ3n) is 4.80. The standard InChI is InChI=1S/C26H18N2O2/c27-18-19-6-8-22(9-7-19)26(30)28(24-14-16-25(29)17-15-24)23-12-10-21(11-13-23)20-4-2-1-3-5-20/h1-17,29H. The quantitative estimate of drug-likeness (QED) is 0.471. The zero-order valence-corrected chi connectivity index (χ0v) is 16.1. The monoisotopic (exact) mass is 390 g/mol. The topological polar surface area (TPSA) is 64.3 Å². The lowest BCUT2D eigenvalue weighted by Crippen LogP contribution is -2.25. The predicted molar refractivity (Wildman–Crippen MR) is 118 cm³/mol. The van der Waals surface area contributed by atoms with Gasteiger partial charge in [0.25, 0.3) is 5.91 Å². The molecule has 0 aliphatic carbocycles. The van der Waals surface area contributed by atoms with Crippen molar-refractivity contribution < 1.29 is 9.90 Å². The molecule has 0 spiro atoms. The van der Waals surface area contributed by atoms with Gasteiger partial charge in [-0.1, -0.05) is 42.5 Å². The van der Waals surface area contributed by atoms with Gasteiger partial charge in [-0.05, 0) is 71.8 Å². The molecule has 0 aromatic heterocycles. The largest absolute Gasteiger partial charge is 0.508 e. The molecule has 1 amide bonds. The fourth-order valence-electron chi connectivity index (χ4n) is 3.24. The Morgan fingerprint density at radius 2 is 1.23 bits per heavy atom. The van der Waals surface area contributed by atoms with Gasteiger partial charge in [-0.2, -0.15) is 5.26 Å². The zero-order valence-electron chi connectivity index (χ0n) is 16.1. The summed E-state index contributed by atoms with van der Waals surface area (Å²) in [5.41, 5.74) is 4.45. The highest BCUT2D eigenvalue weighted by Crippen LogP contribution is 2.31. The van der Waals surface area contributed by atoms with Gasteiger partial charge in [-0.25, -0.2) is 0 Å². The Bertz CT molecular complexity index is 1190. The van der Waals surface area contributed by atoms with E-state index in [2.05, 4.69) is 6.07 Å². The van der Waals surface area contributed by atoms with Crippen molar-refractivity contribution in [2.24, 2.45) is 0 Å². The summed E-state index contributed by atoms with van der Waals surface area (Å²) in [7, 11) is 0. The Labute approximate surface area is 174 Å². The Hall–Kier alpha value is -4.36. The molecule has 4 heteroatoms. The maximum Gasteiger partial charge on any atom is 0.262 e. The number of nitriles is 1. The van der Waals surface area contributed by atoms with Crippen molar-refractivity contribution in [1.29, 1.82) is 5.26 Å². The minimum absolute atomic E-state index is 0.129. The summed E-state index contributed by atoms with van der Waals surface area (Å²) < 4.78 is 0. The first kappa shape index (κ1) is 19.0. The number of aromatic hydroxyl groups is 1. The van der Waals surface area contributed by atoms with Crippen LogP contribution in [0.3, 0.4) is 0 Å². The Kier molecular flexibility index (Phi) is 5.27. The average Bonchev–Trinajstić information content (AvgIpc) is 2.81. The molecule has 30 heavy (non-hydrogen) atoms. The summed E-state index contributed by atoms with van der Waals surface area (Å²) >= 11 is 0. The summed E-state index contributed by atoms with van der Waals surface area (Å²) in [6.07, 6.45) is 0. The highest BCUT2D eigenvalue weighted by molar-refractivity contribution is 6.11. The van der Waals surface area contributed by atoms with Gasteiger partial charge in [-0.3, -0.25) is 9.69 Å². The summed E-state index contributed by atoms with van der Waals surface area (Å²) in [4.78, 5) is 15.0. The molecule has 0 bridgehead atoms. The molecule has 4 nitrogen and oxygen atoms in total. The molecule has 0 aliphatic heterocycles. The molecule has 0 fully saturated rings. The summed E-state index contributed by atoms with van der Waals surface area (Å²) in [5, 5.41) is 18.7. The van der Waals surface area contributed by atoms with Gasteiger partial charge in [0.05, 0.1) is 11.6 Å². The van der Waals surface area contributed by atoms with Crippen molar-refractivity contribution in [2.75, 3.05) is 4.90 Å². The van der Waals surface area contributed by atoms with Crippen LogP contribution in [0.5, 0.6) is 5.75 Å². The van der Waals surface area contributed by atoms with Crippen molar-refractivity contribution in [1.82, 2.24) is 0 Å². The van der Waals surface area contributed by atoms with Crippen LogP contribution in [-0.4, -0.2) is 11.0 Å². The molecule has 0 unspecified atom stereocenters. The van der Waals surface area contributed by atoms with Crippen LogP contribution < -0.4 is 4.90 Å². The predicted octanol–water partition coefficient (Wildman–Crippen LogP) is 5.91. The van der Waals surface area contributed by atoms with E-state index in [9.17, 15) is 9.90 Å². The average molecular weight is 390 g/mol. The molecule has 4 aromatic carbocycles. The van der Waals surface area contributed by atoms with Gasteiger partial charge in [-0.15, -0.1) is 0 Å². The van der Waals surface area contributed by atoms with Gasteiger partial charge in [0.15, 0.2) is 0 Å². The maximum absolute atomic E-state index is 13.4. The smallest absolute Gasteiger partial charge is 0.262 e. The number of anilines is 2. The second kappa shape index (κ2) is 8.34. The van der Waals surface area contributed by atoms with Crippen LogP contribution >= 0.6 is 0 Å². The lowest BCUT2D eigenvalue weighted by atomic mass is 10.0. The number of amides is 1. The van der Waals surface area contributed by atoms with Crippen molar-refractivity contribution in [3.8, 4) is 22.9 Å². The van der Waals surface area contributed by atoms with Crippen molar-refractivity contribution >= 4 is 17.3 Å². The number of phenols is 1. The van der Waals surface area contributed by atoms with E-state index in [0.717, 1.165) is 11.1 Å². The van der Waals surface area contributed by atoms with E-state index >= 15 is 0 Å². The van der Waals surface area contributed by atoms with Crippen LogP contribution in [0.2, 0.25) is 0 Å². The number of hydrogen-bond donors (Lipinski definition) is 1. The third kappa shape index (κ3) is 3.91. The van der Waals surface area contributed by atoms with Gasteiger partial charge in [0.2, 0.25) is 0 Å². The molecule has 4 aromatic rings. The van der Waals surface area contributed by atoms with Gasteiger partial charge >= 0.3 is 0 Å².